The van der Waals surface area contributed by atoms with Gasteiger partial charge in [0.05, 0.1) is 0 Å². The van der Waals surface area contributed by atoms with E-state index in [1.165, 1.54) is 12.8 Å². The van der Waals surface area contributed by atoms with Crippen molar-refractivity contribution >= 4 is 21.7 Å². The molecule has 0 spiro atoms. The molecule has 1 fully saturated rings. The highest BCUT2D eigenvalue weighted by molar-refractivity contribution is 9.10. The third kappa shape index (κ3) is 5.83. The molecule has 0 radical (unpaired) electrons. The number of ether oxygens (including phenoxy) is 1. The first-order valence-electron chi connectivity index (χ1n) is 8.61. The van der Waals surface area contributed by atoms with E-state index in [1.807, 2.05) is 42.5 Å². The molecule has 0 saturated heterocycles. The number of carbonyl (C=O) groups is 1. The molecule has 3 nitrogen and oxygen atoms in total. The lowest BCUT2D eigenvalue weighted by molar-refractivity contribution is 0.103. The van der Waals surface area contributed by atoms with Crippen LogP contribution in [-0.4, -0.2) is 25.5 Å². The van der Waals surface area contributed by atoms with Gasteiger partial charge in [-0.1, -0.05) is 28.1 Å². The molecule has 1 N–H and O–H groups in total. The summed E-state index contributed by atoms with van der Waals surface area (Å²) in [5.74, 6) is 1.69. The number of nitrogens with one attached hydrogen (secondary N) is 1. The Kier molecular flexibility index (Phi) is 6.42. The molecule has 0 aliphatic heterocycles. The highest BCUT2D eigenvalue weighted by atomic mass is 79.9. The molecule has 1 aliphatic rings. The van der Waals surface area contributed by atoms with Gasteiger partial charge in [0.25, 0.3) is 0 Å². The lowest BCUT2D eigenvalue weighted by Gasteiger charge is -2.05. The van der Waals surface area contributed by atoms with Crippen LogP contribution in [-0.2, 0) is 0 Å². The van der Waals surface area contributed by atoms with Crippen molar-refractivity contribution in [2.24, 2.45) is 5.92 Å². The molecule has 0 unspecified atom stereocenters. The predicted octanol–water partition coefficient (Wildman–Crippen LogP) is 4.61. The highest BCUT2D eigenvalue weighted by Crippen LogP contribution is 2.27. The average molecular weight is 400 g/mol. The summed E-state index contributed by atoms with van der Waals surface area (Å²) in [6.45, 7) is 2.55. The van der Waals surface area contributed by atoms with Crippen LogP contribution in [0.1, 0.15) is 28.8 Å². The smallest absolute Gasteiger partial charge is 0.193 e. The lowest BCUT2D eigenvalue weighted by Crippen LogP contribution is -2.16. The van der Waals surface area contributed by atoms with Gasteiger partial charge in [-0.25, -0.2) is 0 Å². The lowest BCUT2D eigenvalue weighted by atomic mass is 10.0. The van der Waals surface area contributed by atoms with E-state index in [1.54, 1.807) is 12.1 Å². The summed E-state index contributed by atoms with van der Waals surface area (Å²) >= 11 is 3.38. The first-order valence-corrected chi connectivity index (χ1v) is 9.40. The fourth-order valence-electron chi connectivity index (χ4n) is 2.46. The number of halogens is 1. The van der Waals surface area contributed by atoms with Crippen molar-refractivity contribution in [3.8, 4) is 5.75 Å². The number of ketones is 1. The Bertz CT molecular complexity index is 719. The number of rotatable bonds is 9. The number of carbonyl (C=O) groups excluding carboxylic acids is 1. The Balaban J connectivity index is 1.44. The Labute approximate surface area is 157 Å². The van der Waals surface area contributed by atoms with Crippen LogP contribution >= 0.6 is 15.9 Å². The molecule has 2 aromatic rings. The fraction of sp³-hybridized carbons (Fsp3) is 0.286. The van der Waals surface area contributed by atoms with E-state index in [0.29, 0.717) is 17.7 Å². The second-order valence-electron chi connectivity index (χ2n) is 6.24. The molecular weight excluding hydrogens is 378 g/mol. The minimum Gasteiger partial charge on any atom is -0.490 e. The van der Waals surface area contributed by atoms with E-state index in [2.05, 4.69) is 27.3 Å². The first-order chi connectivity index (χ1) is 12.2. The zero-order valence-electron chi connectivity index (χ0n) is 14.1. The van der Waals surface area contributed by atoms with Crippen molar-refractivity contribution in [2.45, 2.75) is 12.8 Å². The van der Waals surface area contributed by atoms with Gasteiger partial charge in [-0.2, -0.15) is 0 Å². The first kappa shape index (κ1) is 17.9. The van der Waals surface area contributed by atoms with Gasteiger partial charge >= 0.3 is 0 Å². The maximum atomic E-state index is 12.4. The van der Waals surface area contributed by atoms with Gasteiger partial charge in [-0.15, -0.1) is 0 Å². The Hall–Kier alpha value is -1.91. The molecule has 0 heterocycles. The van der Waals surface area contributed by atoms with Crippen LogP contribution in [0.4, 0.5) is 0 Å². The molecule has 0 bridgehead atoms. The third-order valence-electron chi connectivity index (χ3n) is 4.13. The minimum absolute atomic E-state index is 0.0145. The standard InChI is InChI=1S/C21H22BrNO2/c22-19-9-5-17(6-10-19)21(24)18-7-11-20(12-8-18)25-14-2-1-13-23-15-16-3-4-16/h1-2,5-12,16,23H,3-4,13-15H2/b2-1+. The van der Waals surface area contributed by atoms with Crippen molar-refractivity contribution in [3.63, 3.8) is 0 Å². The number of benzene rings is 2. The maximum Gasteiger partial charge on any atom is 0.193 e. The van der Waals surface area contributed by atoms with E-state index in [0.717, 1.165) is 29.2 Å². The number of hydrogen-bond acceptors (Lipinski definition) is 3. The van der Waals surface area contributed by atoms with Crippen LogP contribution in [0.15, 0.2) is 65.2 Å². The summed E-state index contributed by atoms with van der Waals surface area (Å²) in [5, 5.41) is 3.40. The SMILES string of the molecule is O=C(c1ccc(Br)cc1)c1ccc(OC/C=C/CNCC2CC2)cc1. The van der Waals surface area contributed by atoms with Crippen molar-refractivity contribution in [2.75, 3.05) is 19.7 Å². The van der Waals surface area contributed by atoms with Crippen molar-refractivity contribution in [1.29, 1.82) is 0 Å². The molecule has 130 valence electrons. The Morgan fingerprint density at radius 2 is 1.68 bits per heavy atom. The Morgan fingerprint density at radius 1 is 1.04 bits per heavy atom. The summed E-state index contributed by atoms with van der Waals surface area (Å²) in [7, 11) is 0. The molecule has 1 aliphatic carbocycles. The zero-order chi connectivity index (χ0) is 17.5. The maximum absolute atomic E-state index is 12.4. The molecule has 0 amide bonds. The van der Waals surface area contributed by atoms with E-state index in [-0.39, 0.29) is 5.78 Å². The third-order valence-corrected chi connectivity index (χ3v) is 4.66. The minimum atomic E-state index is 0.0145. The summed E-state index contributed by atoms with van der Waals surface area (Å²) in [4.78, 5) is 12.4. The average Bonchev–Trinajstić information content (AvgIpc) is 3.46. The highest BCUT2D eigenvalue weighted by Gasteiger charge is 2.19. The van der Waals surface area contributed by atoms with Gasteiger partial charge < -0.3 is 10.1 Å². The summed E-state index contributed by atoms with van der Waals surface area (Å²) < 4.78 is 6.63. The van der Waals surface area contributed by atoms with Crippen molar-refractivity contribution in [3.05, 3.63) is 76.3 Å². The van der Waals surface area contributed by atoms with Crippen LogP contribution in [0.2, 0.25) is 0 Å². The van der Waals surface area contributed by atoms with E-state index >= 15 is 0 Å². The quantitative estimate of drug-likeness (QED) is 0.379. The summed E-state index contributed by atoms with van der Waals surface area (Å²) in [6.07, 6.45) is 6.86. The van der Waals surface area contributed by atoms with Crippen LogP contribution in [0.3, 0.4) is 0 Å². The van der Waals surface area contributed by atoms with Crippen molar-refractivity contribution < 1.29 is 9.53 Å². The molecule has 1 saturated carbocycles. The second kappa shape index (κ2) is 8.97. The second-order valence-corrected chi connectivity index (χ2v) is 7.16. The molecule has 0 atom stereocenters. The van der Waals surface area contributed by atoms with E-state index < -0.39 is 0 Å². The van der Waals surface area contributed by atoms with Gasteiger partial charge in [0.15, 0.2) is 5.78 Å². The molecule has 3 rings (SSSR count). The van der Waals surface area contributed by atoms with Gasteiger partial charge in [0.1, 0.15) is 12.4 Å². The molecule has 0 aromatic heterocycles. The van der Waals surface area contributed by atoms with Gasteiger partial charge in [-0.3, -0.25) is 4.79 Å². The summed E-state index contributed by atoms with van der Waals surface area (Å²) in [6, 6.07) is 14.7. The fourth-order valence-corrected chi connectivity index (χ4v) is 2.72. The van der Waals surface area contributed by atoms with Crippen LogP contribution in [0.25, 0.3) is 0 Å². The normalized spacial score (nSPS) is 14.0. The topological polar surface area (TPSA) is 38.3 Å². The van der Waals surface area contributed by atoms with Crippen LogP contribution in [0.5, 0.6) is 5.75 Å². The van der Waals surface area contributed by atoms with E-state index in [4.69, 9.17) is 4.74 Å². The van der Waals surface area contributed by atoms with Gasteiger partial charge in [-0.05, 0) is 73.8 Å². The molecular formula is C21H22BrNO2. The molecule has 4 heteroatoms. The monoisotopic (exact) mass is 399 g/mol. The van der Waals surface area contributed by atoms with Crippen LogP contribution in [0, 0.1) is 5.92 Å². The van der Waals surface area contributed by atoms with Gasteiger partial charge in [0.2, 0.25) is 0 Å². The predicted molar refractivity (Wildman–Crippen MR) is 104 cm³/mol. The Morgan fingerprint density at radius 3 is 2.32 bits per heavy atom. The summed E-state index contributed by atoms with van der Waals surface area (Å²) in [5.41, 5.74) is 1.34. The molecule has 25 heavy (non-hydrogen) atoms. The van der Waals surface area contributed by atoms with E-state index in [9.17, 15) is 4.79 Å². The van der Waals surface area contributed by atoms with Crippen LogP contribution < -0.4 is 10.1 Å². The number of hydrogen-bond donors (Lipinski definition) is 1. The van der Waals surface area contributed by atoms with Gasteiger partial charge in [0, 0.05) is 22.1 Å². The largest absolute Gasteiger partial charge is 0.490 e. The molecule has 2 aromatic carbocycles. The zero-order valence-corrected chi connectivity index (χ0v) is 15.7. The van der Waals surface area contributed by atoms with Crippen molar-refractivity contribution in [1.82, 2.24) is 5.32 Å².